The molecule has 0 unspecified atom stereocenters. The molecule has 0 spiro atoms. The van der Waals surface area contributed by atoms with Crippen molar-refractivity contribution in [3.8, 4) is 5.75 Å². The minimum absolute atomic E-state index is 0.00401. The van der Waals surface area contributed by atoms with Gasteiger partial charge < -0.3 is 14.8 Å². The topological polar surface area (TPSA) is 91.2 Å². The summed E-state index contributed by atoms with van der Waals surface area (Å²) >= 11 is 0. The lowest BCUT2D eigenvalue weighted by molar-refractivity contribution is -0.120. The zero-order valence-electron chi connectivity index (χ0n) is 13.6. The number of benzene rings is 1. The number of nitrogens with zero attached hydrogens (tertiary/aromatic N) is 4. The molecule has 8 nitrogen and oxygen atoms in total. The Morgan fingerprint density at radius 1 is 1.42 bits per heavy atom. The molecule has 2 heterocycles. The Bertz CT molecular complexity index is 665. The van der Waals surface area contributed by atoms with Crippen LogP contribution in [0.2, 0.25) is 0 Å². The van der Waals surface area contributed by atoms with Crippen LogP contribution in [0.5, 0.6) is 5.75 Å². The third-order valence-electron chi connectivity index (χ3n) is 3.91. The summed E-state index contributed by atoms with van der Waals surface area (Å²) in [6, 6.07) is 7.45. The average Bonchev–Trinajstić information content (AvgIpc) is 3.24. The zero-order valence-corrected chi connectivity index (χ0v) is 13.6. The van der Waals surface area contributed by atoms with Gasteiger partial charge in [-0.05, 0) is 41.0 Å². The molecule has 0 radical (unpaired) electrons. The van der Waals surface area contributed by atoms with Crippen LogP contribution in [0.1, 0.15) is 24.2 Å². The van der Waals surface area contributed by atoms with Gasteiger partial charge in [-0.2, -0.15) is 0 Å². The van der Waals surface area contributed by atoms with E-state index in [0.29, 0.717) is 31.1 Å². The Morgan fingerprint density at radius 3 is 2.92 bits per heavy atom. The summed E-state index contributed by atoms with van der Waals surface area (Å²) in [6.45, 7) is 1.68. The van der Waals surface area contributed by atoms with Crippen LogP contribution in [0.25, 0.3) is 0 Å². The highest BCUT2D eigenvalue weighted by atomic mass is 16.5. The first-order valence-electron chi connectivity index (χ1n) is 8.02. The van der Waals surface area contributed by atoms with Crippen molar-refractivity contribution in [2.45, 2.75) is 32.0 Å². The lowest BCUT2D eigenvalue weighted by Crippen LogP contribution is -2.32. The van der Waals surface area contributed by atoms with Gasteiger partial charge in [0.25, 0.3) is 0 Å². The van der Waals surface area contributed by atoms with Crippen molar-refractivity contribution < 1.29 is 14.3 Å². The Hall–Kier alpha value is -2.48. The van der Waals surface area contributed by atoms with Gasteiger partial charge in [-0.1, -0.05) is 12.1 Å². The predicted octanol–water partition coefficient (Wildman–Crippen LogP) is 0.627. The second-order valence-corrected chi connectivity index (χ2v) is 5.77. The van der Waals surface area contributed by atoms with Gasteiger partial charge >= 0.3 is 0 Å². The van der Waals surface area contributed by atoms with E-state index in [-0.39, 0.29) is 12.0 Å². The summed E-state index contributed by atoms with van der Waals surface area (Å²) in [5, 5.41) is 14.1. The lowest BCUT2D eigenvalue weighted by atomic mass is 10.1. The summed E-state index contributed by atoms with van der Waals surface area (Å²) in [7, 11) is 1.76. The zero-order chi connectivity index (χ0) is 16.8. The number of tetrazole rings is 1. The molecule has 0 saturated carbocycles. The van der Waals surface area contributed by atoms with Crippen molar-refractivity contribution >= 4 is 5.91 Å². The molecule has 1 fully saturated rings. The van der Waals surface area contributed by atoms with Gasteiger partial charge in [0.1, 0.15) is 12.4 Å². The first-order valence-corrected chi connectivity index (χ1v) is 8.02. The highest BCUT2D eigenvalue weighted by Gasteiger charge is 2.16. The molecule has 1 saturated heterocycles. The normalized spacial score (nSPS) is 17.0. The van der Waals surface area contributed by atoms with Crippen molar-refractivity contribution in [2.75, 3.05) is 13.2 Å². The first kappa shape index (κ1) is 16.4. The number of rotatable bonds is 7. The van der Waals surface area contributed by atoms with Crippen molar-refractivity contribution in [1.82, 2.24) is 25.5 Å². The molecule has 1 aromatic heterocycles. The standard InChI is InChI=1S/C16H21N5O3/c1-21-15(18-19-20-21)11-24-13-6-4-12(5-7-13)9-16(22)17-10-14-3-2-8-23-14/h4-7,14H,2-3,8-11H2,1H3,(H,17,22)/t14-/m1/s1. The fourth-order valence-corrected chi connectivity index (χ4v) is 2.50. The van der Waals surface area contributed by atoms with Crippen molar-refractivity contribution in [3.05, 3.63) is 35.7 Å². The van der Waals surface area contributed by atoms with Gasteiger partial charge in [0.15, 0.2) is 5.82 Å². The lowest BCUT2D eigenvalue weighted by Gasteiger charge is -2.11. The Morgan fingerprint density at radius 2 is 2.25 bits per heavy atom. The van der Waals surface area contributed by atoms with Gasteiger partial charge in [0.2, 0.25) is 5.91 Å². The maximum atomic E-state index is 11.9. The predicted molar refractivity (Wildman–Crippen MR) is 85.3 cm³/mol. The quantitative estimate of drug-likeness (QED) is 0.800. The van der Waals surface area contributed by atoms with E-state index >= 15 is 0 Å². The number of hydrogen-bond donors (Lipinski definition) is 1. The molecule has 1 aromatic carbocycles. The molecular formula is C16H21N5O3. The number of carbonyl (C=O) groups excluding carboxylic acids is 1. The summed E-state index contributed by atoms with van der Waals surface area (Å²) in [5.74, 6) is 1.36. The highest BCUT2D eigenvalue weighted by Crippen LogP contribution is 2.14. The molecular weight excluding hydrogens is 310 g/mol. The SMILES string of the molecule is Cn1nnnc1COc1ccc(CC(=O)NC[C@H]2CCCO2)cc1. The number of amides is 1. The summed E-state index contributed by atoms with van der Waals surface area (Å²) in [4.78, 5) is 11.9. The van der Waals surface area contributed by atoms with E-state index in [1.807, 2.05) is 24.3 Å². The second-order valence-electron chi connectivity index (χ2n) is 5.77. The molecule has 8 heteroatoms. The van der Waals surface area contributed by atoms with Crippen LogP contribution in [-0.2, 0) is 29.6 Å². The number of carbonyl (C=O) groups is 1. The van der Waals surface area contributed by atoms with Crippen LogP contribution < -0.4 is 10.1 Å². The second kappa shape index (κ2) is 7.87. The van der Waals surface area contributed by atoms with Crippen LogP contribution in [0, 0.1) is 0 Å². The van der Waals surface area contributed by atoms with Gasteiger partial charge in [-0.15, -0.1) is 5.10 Å². The van der Waals surface area contributed by atoms with Crippen molar-refractivity contribution in [2.24, 2.45) is 7.05 Å². The summed E-state index contributed by atoms with van der Waals surface area (Å²) < 4.78 is 12.7. The van der Waals surface area contributed by atoms with Gasteiger partial charge in [0.05, 0.1) is 12.5 Å². The summed E-state index contributed by atoms with van der Waals surface area (Å²) in [6.07, 6.45) is 2.61. The van der Waals surface area contributed by atoms with Crippen molar-refractivity contribution in [1.29, 1.82) is 0 Å². The van der Waals surface area contributed by atoms with E-state index in [9.17, 15) is 4.79 Å². The number of hydrogen-bond acceptors (Lipinski definition) is 6. The minimum Gasteiger partial charge on any atom is -0.486 e. The third-order valence-corrected chi connectivity index (χ3v) is 3.91. The molecule has 1 N–H and O–H groups in total. The maximum Gasteiger partial charge on any atom is 0.224 e. The molecule has 1 amide bonds. The van der Waals surface area contributed by atoms with Gasteiger partial charge in [0, 0.05) is 20.2 Å². The van der Waals surface area contributed by atoms with Crippen LogP contribution in [-0.4, -0.2) is 45.4 Å². The maximum absolute atomic E-state index is 11.9. The van der Waals surface area contributed by atoms with E-state index in [1.165, 1.54) is 0 Å². The van der Waals surface area contributed by atoms with Gasteiger partial charge in [-0.3, -0.25) is 4.79 Å². The Labute approximate surface area is 140 Å². The molecule has 2 aromatic rings. The molecule has 1 atom stereocenters. The van der Waals surface area contributed by atoms with E-state index in [4.69, 9.17) is 9.47 Å². The number of nitrogens with one attached hydrogen (secondary N) is 1. The minimum atomic E-state index is 0.00401. The number of ether oxygens (including phenoxy) is 2. The van der Waals surface area contributed by atoms with Crippen LogP contribution in [0.15, 0.2) is 24.3 Å². The number of aromatic nitrogens is 4. The van der Waals surface area contributed by atoms with E-state index in [1.54, 1.807) is 11.7 Å². The van der Waals surface area contributed by atoms with Crippen LogP contribution in [0.3, 0.4) is 0 Å². The molecule has 128 valence electrons. The van der Waals surface area contributed by atoms with E-state index in [2.05, 4.69) is 20.8 Å². The highest BCUT2D eigenvalue weighted by molar-refractivity contribution is 5.78. The molecule has 3 rings (SSSR count). The Balaban J connectivity index is 1.43. The monoisotopic (exact) mass is 331 g/mol. The molecule has 0 aliphatic carbocycles. The van der Waals surface area contributed by atoms with Crippen LogP contribution >= 0.6 is 0 Å². The summed E-state index contributed by atoms with van der Waals surface area (Å²) in [5.41, 5.74) is 0.938. The largest absolute Gasteiger partial charge is 0.486 e. The molecule has 24 heavy (non-hydrogen) atoms. The van der Waals surface area contributed by atoms with Crippen molar-refractivity contribution in [3.63, 3.8) is 0 Å². The molecule has 0 bridgehead atoms. The average molecular weight is 331 g/mol. The van der Waals surface area contributed by atoms with Crippen LogP contribution in [0.4, 0.5) is 0 Å². The fourth-order valence-electron chi connectivity index (χ4n) is 2.50. The molecule has 1 aliphatic heterocycles. The van der Waals surface area contributed by atoms with Gasteiger partial charge in [-0.25, -0.2) is 4.68 Å². The third kappa shape index (κ3) is 4.51. The number of aryl methyl sites for hydroxylation is 1. The first-order chi connectivity index (χ1) is 11.7. The van der Waals surface area contributed by atoms with E-state index < -0.39 is 0 Å². The van der Waals surface area contributed by atoms with E-state index in [0.717, 1.165) is 25.0 Å². The molecule has 1 aliphatic rings. The Kier molecular flexibility index (Phi) is 5.37. The fraction of sp³-hybridized carbons (Fsp3) is 0.500. The smallest absolute Gasteiger partial charge is 0.224 e.